The van der Waals surface area contributed by atoms with Crippen LogP contribution in [0, 0.1) is 13.8 Å². The van der Waals surface area contributed by atoms with Gasteiger partial charge in [0, 0.05) is 25.2 Å². The lowest BCUT2D eigenvalue weighted by Crippen LogP contribution is -2.25. The van der Waals surface area contributed by atoms with Crippen LogP contribution in [-0.4, -0.2) is 16.3 Å². The Labute approximate surface area is 128 Å². The molecular weight excluding hydrogens is 258 g/mol. The fourth-order valence-corrected chi connectivity index (χ4v) is 3.04. The Bertz CT molecular complexity index is 578. The van der Waals surface area contributed by atoms with Crippen molar-refractivity contribution in [2.24, 2.45) is 7.05 Å². The van der Waals surface area contributed by atoms with E-state index in [9.17, 15) is 0 Å². The molecule has 0 fully saturated rings. The maximum atomic E-state index is 4.57. The van der Waals surface area contributed by atoms with Crippen molar-refractivity contribution in [3.05, 3.63) is 52.3 Å². The third-order valence-electron chi connectivity index (χ3n) is 4.14. The normalized spacial score (nSPS) is 12.6. The quantitative estimate of drug-likeness (QED) is 0.880. The Morgan fingerprint density at radius 1 is 1.19 bits per heavy atom. The number of likely N-dealkylation sites (N-methyl/N-ethyl adjacent to an activating group) is 1. The van der Waals surface area contributed by atoms with Crippen LogP contribution in [0.15, 0.2) is 24.3 Å². The monoisotopic (exact) mass is 285 g/mol. The molecule has 0 aliphatic carbocycles. The van der Waals surface area contributed by atoms with Gasteiger partial charge in [-0.3, -0.25) is 4.68 Å². The van der Waals surface area contributed by atoms with E-state index in [-0.39, 0.29) is 0 Å². The first-order chi connectivity index (χ1) is 10.1. The zero-order valence-corrected chi connectivity index (χ0v) is 13.9. The summed E-state index contributed by atoms with van der Waals surface area (Å²) in [5.41, 5.74) is 6.61. The first kappa shape index (κ1) is 15.8. The van der Waals surface area contributed by atoms with Gasteiger partial charge in [-0.25, -0.2) is 0 Å². The van der Waals surface area contributed by atoms with E-state index in [1.807, 2.05) is 11.7 Å². The molecule has 0 aliphatic heterocycles. The van der Waals surface area contributed by atoms with Crippen molar-refractivity contribution in [3.63, 3.8) is 0 Å². The minimum absolute atomic E-state index is 0.344. The van der Waals surface area contributed by atoms with Gasteiger partial charge in [0.25, 0.3) is 0 Å². The van der Waals surface area contributed by atoms with Gasteiger partial charge >= 0.3 is 0 Å². The van der Waals surface area contributed by atoms with Crippen molar-refractivity contribution < 1.29 is 0 Å². The van der Waals surface area contributed by atoms with E-state index in [0.29, 0.717) is 6.04 Å². The van der Waals surface area contributed by atoms with E-state index in [2.05, 4.69) is 62.4 Å². The number of rotatable bonds is 6. The fraction of sp³-hybridized carbons (Fsp3) is 0.500. The zero-order chi connectivity index (χ0) is 15.4. The van der Waals surface area contributed by atoms with Crippen LogP contribution < -0.4 is 5.32 Å². The van der Waals surface area contributed by atoms with E-state index in [1.54, 1.807) is 0 Å². The van der Waals surface area contributed by atoms with Gasteiger partial charge in [-0.1, -0.05) is 32.0 Å². The molecule has 1 heterocycles. The highest BCUT2D eigenvalue weighted by atomic mass is 15.3. The number of nitrogens with zero attached hydrogens (tertiary/aromatic N) is 2. The van der Waals surface area contributed by atoms with Gasteiger partial charge in [-0.15, -0.1) is 0 Å². The molecule has 3 heteroatoms. The smallest absolute Gasteiger partial charge is 0.0624 e. The average Bonchev–Trinajstić information content (AvgIpc) is 2.79. The highest BCUT2D eigenvalue weighted by Crippen LogP contribution is 2.25. The molecule has 21 heavy (non-hydrogen) atoms. The largest absolute Gasteiger partial charge is 0.310 e. The summed E-state index contributed by atoms with van der Waals surface area (Å²) in [4.78, 5) is 0. The van der Waals surface area contributed by atoms with Crippen molar-refractivity contribution >= 4 is 0 Å². The Balaban J connectivity index is 2.33. The van der Waals surface area contributed by atoms with Crippen molar-refractivity contribution in [1.29, 1.82) is 0 Å². The molecule has 0 saturated carbocycles. The Kier molecular flexibility index (Phi) is 5.18. The zero-order valence-electron chi connectivity index (χ0n) is 13.9. The summed E-state index contributed by atoms with van der Waals surface area (Å²) in [6.07, 6.45) is 1.96. The molecule has 2 aromatic rings. The molecule has 0 aliphatic rings. The summed E-state index contributed by atoms with van der Waals surface area (Å²) in [5.74, 6) is 0. The van der Waals surface area contributed by atoms with Crippen LogP contribution in [-0.2, 0) is 19.9 Å². The van der Waals surface area contributed by atoms with Crippen molar-refractivity contribution in [3.8, 4) is 0 Å². The molecule has 1 aromatic carbocycles. The molecular formula is C18H27N3. The number of nitrogens with one attached hydrogen (secondary N) is 1. The summed E-state index contributed by atoms with van der Waals surface area (Å²) in [5, 5.41) is 8.21. The van der Waals surface area contributed by atoms with Crippen molar-refractivity contribution in [2.45, 2.75) is 46.6 Å². The molecule has 1 N–H and O–H groups in total. The Hall–Kier alpha value is -1.61. The van der Waals surface area contributed by atoms with Gasteiger partial charge in [0.05, 0.1) is 5.69 Å². The predicted octanol–water partition coefficient (Wildman–Crippen LogP) is 3.49. The molecule has 1 unspecified atom stereocenters. The van der Waals surface area contributed by atoms with Crippen LogP contribution in [0.2, 0.25) is 0 Å². The minimum atomic E-state index is 0.344. The summed E-state index contributed by atoms with van der Waals surface area (Å²) in [7, 11) is 2.04. The van der Waals surface area contributed by atoms with Crippen LogP contribution in [0.3, 0.4) is 0 Å². The predicted molar refractivity (Wildman–Crippen MR) is 88.6 cm³/mol. The first-order valence-corrected chi connectivity index (χ1v) is 7.88. The SMILES string of the molecule is CCNC(Cc1cc(CC)nn1C)c1c(C)cccc1C. The van der Waals surface area contributed by atoms with Crippen LogP contribution >= 0.6 is 0 Å². The topological polar surface area (TPSA) is 29.9 Å². The third-order valence-corrected chi connectivity index (χ3v) is 4.14. The lowest BCUT2D eigenvalue weighted by molar-refractivity contribution is 0.524. The second-order valence-corrected chi connectivity index (χ2v) is 5.72. The van der Waals surface area contributed by atoms with Gasteiger partial charge < -0.3 is 5.32 Å². The van der Waals surface area contributed by atoms with E-state index < -0.39 is 0 Å². The fourth-order valence-electron chi connectivity index (χ4n) is 3.04. The summed E-state index contributed by atoms with van der Waals surface area (Å²) in [6.45, 7) is 9.69. The van der Waals surface area contributed by atoms with Crippen LogP contribution in [0.1, 0.15) is 48.0 Å². The second kappa shape index (κ2) is 6.90. The number of hydrogen-bond donors (Lipinski definition) is 1. The average molecular weight is 285 g/mol. The third kappa shape index (κ3) is 3.53. The minimum Gasteiger partial charge on any atom is -0.310 e. The van der Waals surface area contributed by atoms with Crippen LogP contribution in [0.25, 0.3) is 0 Å². The Morgan fingerprint density at radius 3 is 2.38 bits per heavy atom. The van der Waals surface area contributed by atoms with Crippen molar-refractivity contribution in [1.82, 2.24) is 15.1 Å². The Morgan fingerprint density at radius 2 is 1.86 bits per heavy atom. The maximum Gasteiger partial charge on any atom is 0.0624 e. The second-order valence-electron chi connectivity index (χ2n) is 5.72. The van der Waals surface area contributed by atoms with Gasteiger partial charge in [-0.05, 0) is 49.6 Å². The molecule has 0 saturated heterocycles. The molecule has 1 aromatic heterocycles. The molecule has 0 amide bonds. The number of hydrogen-bond acceptors (Lipinski definition) is 2. The van der Waals surface area contributed by atoms with Gasteiger partial charge in [0.2, 0.25) is 0 Å². The van der Waals surface area contributed by atoms with E-state index in [0.717, 1.165) is 19.4 Å². The van der Waals surface area contributed by atoms with E-state index in [4.69, 9.17) is 0 Å². The number of benzene rings is 1. The number of aryl methyl sites for hydroxylation is 4. The summed E-state index contributed by atoms with van der Waals surface area (Å²) >= 11 is 0. The molecule has 114 valence electrons. The highest BCUT2D eigenvalue weighted by molar-refractivity contribution is 5.37. The van der Waals surface area contributed by atoms with Crippen molar-refractivity contribution in [2.75, 3.05) is 6.54 Å². The summed E-state index contributed by atoms with van der Waals surface area (Å²) in [6, 6.07) is 9.12. The summed E-state index contributed by atoms with van der Waals surface area (Å²) < 4.78 is 2.02. The van der Waals surface area contributed by atoms with Gasteiger partial charge in [-0.2, -0.15) is 5.10 Å². The molecule has 2 rings (SSSR count). The molecule has 0 radical (unpaired) electrons. The standard InChI is InChI=1S/C18H27N3/c1-6-15-11-16(21(5)20-15)12-17(19-7-2)18-13(3)9-8-10-14(18)4/h8-11,17,19H,6-7,12H2,1-5H3. The first-order valence-electron chi connectivity index (χ1n) is 7.88. The molecule has 0 spiro atoms. The van der Waals surface area contributed by atoms with Gasteiger partial charge in [0.15, 0.2) is 0 Å². The maximum absolute atomic E-state index is 4.57. The highest BCUT2D eigenvalue weighted by Gasteiger charge is 2.17. The lowest BCUT2D eigenvalue weighted by atomic mass is 9.93. The van der Waals surface area contributed by atoms with Crippen LogP contribution in [0.5, 0.6) is 0 Å². The molecule has 1 atom stereocenters. The number of aromatic nitrogens is 2. The molecule has 3 nitrogen and oxygen atoms in total. The van der Waals surface area contributed by atoms with E-state index in [1.165, 1.54) is 28.1 Å². The van der Waals surface area contributed by atoms with Crippen LogP contribution in [0.4, 0.5) is 0 Å². The van der Waals surface area contributed by atoms with Gasteiger partial charge in [0.1, 0.15) is 0 Å². The van der Waals surface area contributed by atoms with E-state index >= 15 is 0 Å². The molecule has 0 bridgehead atoms. The lowest BCUT2D eigenvalue weighted by Gasteiger charge is -2.22.